The minimum atomic E-state index is -0.474. The van der Waals surface area contributed by atoms with Crippen LogP contribution in [0.4, 0.5) is 0 Å². The van der Waals surface area contributed by atoms with Crippen molar-refractivity contribution in [1.29, 1.82) is 5.26 Å². The Labute approximate surface area is 148 Å². The summed E-state index contributed by atoms with van der Waals surface area (Å²) in [5.74, 6) is 0.301. The van der Waals surface area contributed by atoms with Crippen LogP contribution in [0.25, 0.3) is 0 Å². The van der Waals surface area contributed by atoms with Crippen molar-refractivity contribution in [3.63, 3.8) is 0 Å². The van der Waals surface area contributed by atoms with Gasteiger partial charge in [0.15, 0.2) is 9.03 Å². The summed E-state index contributed by atoms with van der Waals surface area (Å²) in [5, 5.41) is 8.70. The molecule has 1 aliphatic rings. The number of methoxy groups -OCH3 is 1. The summed E-state index contributed by atoms with van der Waals surface area (Å²) in [6, 6.07) is 2.11. The molecule has 5 unspecified atom stereocenters. The predicted octanol–water partition coefficient (Wildman–Crippen LogP) is 2.66. The standard InChI is InChI=1S/C13H24NO4P.Y/c1-9-10(2)16-11(8-15-5)12(9)17-19-18-13(3,4)6-7-14;/h9-12,19H,6,8H2,1-5H3;. The number of rotatable bonds is 7. The van der Waals surface area contributed by atoms with Crippen molar-refractivity contribution >= 4 is 9.03 Å². The first-order valence-electron chi connectivity index (χ1n) is 6.51. The first-order valence-corrected chi connectivity index (χ1v) is 7.33. The van der Waals surface area contributed by atoms with Gasteiger partial charge in [-0.2, -0.15) is 5.26 Å². The van der Waals surface area contributed by atoms with Crippen LogP contribution in [0.15, 0.2) is 0 Å². The first kappa shape index (κ1) is 20.9. The molecule has 1 heterocycles. The maximum atomic E-state index is 8.70. The molecule has 1 aliphatic heterocycles. The van der Waals surface area contributed by atoms with Crippen molar-refractivity contribution in [3.05, 3.63) is 0 Å². The minimum Gasteiger partial charge on any atom is -0.382 e. The number of nitriles is 1. The summed E-state index contributed by atoms with van der Waals surface area (Å²) < 4.78 is 22.4. The topological polar surface area (TPSA) is 60.7 Å². The van der Waals surface area contributed by atoms with Crippen LogP contribution in [0.5, 0.6) is 0 Å². The van der Waals surface area contributed by atoms with Gasteiger partial charge in [0, 0.05) is 45.7 Å². The molecule has 113 valence electrons. The van der Waals surface area contributed by atoms with E-state index in [0.29, 0.717) is 18.9 Å². The molecule has 0 aromatic carbocycles. The summed E-state index contributed by atoms with van der Waals surface area (Å²) in [7, 11) is 1.56. The van der Waals surface area contributed by atoms with E-state index in [4.69, 9.17) is 23.8 Å². The molecular formula is C13H24NO4PY. The van der Waals surface area contributed by atoms with E-state index in [1.807, 2.05) is 20.8 Å². The van der Waals surface area contributed by atoms with E-state index in [1.54, 1.807) is 7.11 Å². The summed E-state index contributed by atoms with van der Waals surface area (Å²) >= 11 is 0. The average Bonchev–Trinajstić information content (AvgIpc) is 2.57. The van der Waals surface area contributed by atoms with Gasteiger partial charge >= 0.3 is 0 Å². The maximum Gasteiger partial charge on any atom is 0.155 e. The summed E-state index contributed by atoms with van der Waals surface area (Å²) in [6.45, 7) is 8.44. The molecule has 7 heteroatoms. The van der Waals surface area contributed by atoms with E-state index in [2.05, 4.69) is 13.0 Å². The molecule has 5 atom stereocenters. The molecule has 1 rings (SSSR count). The maximum absolute atomic E-state index is 8.70. The molecule has 20 heavy (non-hydrogen) atoms. The SMILES string of the molecule is COCC1OC(C)C(C)C1OPOC(C)(C)CC#N.[Y]. The van der Waals surface area contributed by atoms with E-state index >= 15 is 0 Å². The largest absolute Gasteiger partial charge is 0.382 e. The van der Waals surface area contributed by atoms with Gasteiger partial charge in [-0.3, -0.25) is 0 Å². The first-order chi connectivity index (χ1) is 8.91. The van der Waals surface area contributed by atoms with Crippen LogP contribution in [-0.2, 0) is 51.2 Å². The third kappa shape index (κ3) is 6.32. The van der Waals surface area contributed by atoms with Gasteiger partial charge in [0.2, 0.25) is 0 Å². The zero-order valence-electron chi connectivity index (χ0n) is 12.9. The van der Waals surface area contributed by atoms with Crippen molar-refractivity contribution < 1.29 is 51.2 Å². The zero-order chi connectivity index (χ0) is 14.5. The zero-order valence-corrected chi connectivity index (χ0v) is 16.7. The molecule has 1 saturated heterocycles. The fraction of sp³-hybridized carbons (Fsp3) is 0.923. The van der Waals surface area contributed by atoms with Crippen molar-refractivity contribution in [1.82, 2.24) is 0 Å². The Balaban J connectivity index is 0.00000361. The molecule has 0 bridgehead atoms. The molecule has 0 aliphatic carbocycles. The molecule has 1 radical (unpaired) electrons. The van der Waals surface area contributed by atoms with Crippen molar-refractivity contribution in [3.8, 4) is 6.07 Å². The van der Waals surface area contributed by atoms with E-state index in [9.17, 15) is 0 Å². The summed E-state index contributed by atoms with van der Waals surface area (Å²) in [4.78, 5) is 0. The monoisotopic (exact) mass is 378 g/mol. The molecule has 0 aromatic rings. The predicted molar refractivity (Wildman–Crippen MR) is 74.0 cm³/mol. The van der Waals surface area contributed by atoms with Gasteiger partial charge < -0.3 is 18.5 Å². The second kappa shape index (κ2) is 9.79. The molecule has 0 spiro atoms. The molecular weight excluding hydrogens is 354 g/mol. The second-order valence-electron chi connectivity index (χ2n) is 5.56. The van der Waals surface area contributed by atoms with Crippen LogP contribution in [0, 0.1) is 17.2 Å². The third-order valence-electron chi connectivity index (χ3n) is 3.35. The second-order valence-corrected chi connectivity index (χ2v) is 6.16. The molecule has 0 saturated carbocycles. The normalized spacial score (nSPS) is 30.4. The average molecular weight is 378 g/mol. The van der Waals surface area contributed by atoms with Crippen LogP contribution in [0.3, 0.4) is 0 Å². The van der Waals surface area contributed by atoms with E-state index in [1.165, 1.54) is 0 Å². The molecule has 0 N–H and O–H groups in total. The van der Waals surface area contributed by atoms with E-state index in [0.717, 1.165) is 0 Å². The van der Waals surface area contributed by atoms with Crippen LogP contribution in [0.2, 0.25) is 0 Å². The minimum absolute atomic E-state index is 0. The molecule has 0 amide bonds. The number of ether oxygens (including phenoxy) is 2. The molecule has 5 nitrogen and oxygen atoms in total. The molecule has 0 aromatic heterocycles. The Kier molecular flexibility index (Phi) is 10.2. The Hall–Kier alpha value is 0.864. The summed E-state index contributed by atoms with van der Waals surface area (Å²) in [5.41, 5.74) is -0.474. The van der Waals surface area contributed by atoms with E-state index in [-0.39, 0.29) is 60.1 Å². The van der Waals surface area contributed by atoms with Crippen molar-refractivity contribution in [2.75, 3.05) is 13.7 Å². The quantitative estimate of drug-likeness (QED) is 0.638. The number of nitrogens with zero attached hydrogens (tertiary/aromatic N) is 1. The fourth-order valence-electron chi connectivity index (χ4n) is 1.98. The number of hydrogen-bond donors (Lipinski definition) is 0. The van der Waals surface area contributed by atoms with Gasteiger partial charge in [-0.25, -0.2) is 0 Å². The van der Waals surface area contributed by atoms with Crippen molar-refractivity contribution in [2.24, 2.45) is 5.92 Å². The Morgan fingerprint density at radius 2 is 2.00 bits per heavy atom. The Morgan fingerprint density at radius 3 is 2.55 bits per heavy atom. The van der Waals surface area contributed by atoms with Crippen LogP contribution >= 0.6 is 9.03 Å². The van der Waals surface area contributed by atoms with Gasteiger partial charge in [-0.05, 0) is 20.8 Å². The smallest absolute Gasteiger partial charge is 0.155 e. The Bertz CT molecular complexity index is 324. The van der Waals surface area contributed by atoms with Crippen LogP contribution in [0.1, 0.15) is 34.1 Å². The fourth-order valence-corrected chi connectivity index (χ4v) is 2.81. The Morgan fingerprint density at radius 1 is 1.35 bits per heavy atom. The molecule has 1 fully saturated rings. The van der Waals surface area contributed by atoms with Gasteiger partial charge in [-0.15, -0.1) is 0 Å². The van der Waals surface area contributed by atoms with E-state index < -0.39 is 5.60 Å². The third-order valence-corrected chi connectivity index (χ3v) is 4.36. The van der Waals surface area contributed by atoms with Gasteiger partial charge in [0.1, 0.15) is 6.10 Å². The van der Waals surface area contributed by atoms with Crippen LogP contribution < -0.4 is 0 Å². The van der Waals surface area contributed by atoms with Crippen LogP contribution in [-0.4, -0.2) is 37.6 Å². The van der Waals surface area contributed by atoms with Gasteiger partial charge in [-0.1, -0.05) is 6.92 Å². The summed E-state index contributed by atoms with van der Waals surface area (Å²) in [6.07, 6.45) is 0.427. The van der Waals surface area contributed by atoms with Gasteiger partial charge in [0.05, 0.1) is 36.9 Å². The van der Waals surface area contributed by atoms with Gasteiger partial charge in [0.25, 0.3) is 0 Å². The van der Waals surface area contributed by atoms with Crippen molar-refractivity contribution in [2.45, 2.75) is 58.0 Å². The number of hydrogen-bond acceptors (Lipinski definition) is 5.